The van der Waals surface area contributed by atoms with Crippen LogP contribution in [0.4, 0.5) is 5.69 Å². The summed E-state index contributed by atoms with van der Waals surface area (Å²) in [4.78, 5) is 0. The van der Waals surface area contributed by atoms with Crippen molar-refractivity contribution in [2.45, 2.75) is 33.2 Å². The van der Waals surface area contributed by atoms with Crippen LogP contribution in [0.25, 0.3) is 5.57 Å². The average Bonchev–Trinajstić information content (AvgIpc) is 2.06. The first-order chi connectivity index (χ1) is 6.89. The van der Waals surface area contributed by atoms with E-state index in [1.54, 1.807) is 6.07 Å². The molecule has 0 unspecified atom stereocenters. The molecule has 0 saturated carbocycles. The Labute approximate surface area is 90.6 Å². The smallest absolute Gasteiger partial charge is 0.139 e. The number of hydrogen-bond acceptors (Lipinski definition) is 2. The second-order valence-corrected chi connectivity index (χ2v) is 4.88. The van der Waals surface area contributed by atoms with Crippen LogP contribution in [0.15, 0.2) is 18.2 Å². The maximum atomic E-state index is 9.90. The number of allylic oxidation sites excluding steroid dienone is 1. The number of nitrogens with one attached hydrogen (secondary N) is 1. The third kappa shape index (κ3) is 1.72. The van der Waals surface area contributed by atoms with Gasteiger partial charge in [-0.1, -0.05) is 6.08 Å². The van der Waals surface area contributed by atoms with Crippen molar-refractivity contribution in [2.75, 3.05) is 5.32 Å². The topological polar surface area (TPSA) is 32.3 Å². The summed E-state index contributed by atoms with van der Waals surface area (Å²) in [5.41, 5.74) is 4.16. The Kier molecular flexibility index (Phi) is 2.03. The fraction of sp³-hybridized carbons (Fsp3) is 0.385. The molecule has 0 fully saturated rings. The van der Waals surface area contributed by atoms with Gasteiger partial charge in [0.15, 0.2) is 0 Å². The van der Waals surface area contributed by atoms with Gasteiger partial charge in [0.05, 0.1) is 11.2 Å². The summed E-state index contributed by atoms with van der Waals surface area (Å²) in [6.07, 6.45) is 2.19. The van der Waals surface area contributed by atoms with Crippen LogP contribution in [-0.4, -0.2) is 10.6 Å². The van der Waals surface area contributed by atoms with E-state index < -0.39 is 0 Å². The van der Waals surface area contributed by atoms with Gasteiger partial charge < -0.3 is 10.4 Å². The number of fused-ring (bicyclic) bond motifs is 1. The Balaban J connectivity index is 2.65. The Hall–Kier alpha value is -1.44. The summed E-state index contributed by atoms with van der Waals surface area (Å²) >= 11 is 0. The molecule has 0 bridgehead atoms. The van der Waals surface area contributed by atoms with E-state index in [2.05, 4.69) is 38.2 Å². The molecule has 0 saturated heterocycles. The quantitative estimate of drug-likeness (QED) is 0.634. The zero-order valence-electron chi connectivity index (χ0n) is 9.68. The van der Waals surface area contributed by atoms with Crippen LogP contribution >= 0.6 is 0 Å². The maximum Gasteiger partial charge on any atom is 0.139 e. The number of aromatic hydroxyl groups is 1. The fourth-order valence-corrected chi connectivity index (χ4v) is 2.19. The molecule has 2 nitrogen and oxygen atoms in total. The lowest BCUT2D eigenvalue weighted by molar-refractivity contribution is 0.474. The van der Waals surface area contributed by atoms with Crippen molar-refractivity contribution in [3.63, 3.8) is 0 Å². The predicted octanol–water partition coefficient (Wildman–Crippen LogP) is 3.31. The first-order valence-electron chi connectivity index (χ1n) is 5.21. The molecule has 2 heteroatoms. The zero-order valence-corrected chi connectivity index (χ0v) is 9.68. The predicted molar refractivity (Wildman–Crippen MR) is 64.2 cm³/mol. The van der Waals surface area contributed by atoms with Gasteiger partial charge in [0.2, 0.25) is 0 Å². The van der Waals surface area contributed by atoms with Crippen molar-refractivity contribution in [3.05, 3.63) is 29.3 Å². The van der Waals surface area contributed by atoms with E-state index in [0.717, 1.165) is 16.8 Å². The molecule has 1 aromatic rings. The first kappa shape index (κ1) is 10.1. The van der Waals surface area contributed by atoms with Gasteiger partial charge in [0, 0.05) is 5.56 Å². The Morgan fingerprint density at radius 3 is 2.53 bits per heavy atom. The summed E-state index contributed by atoms with van der Waals surface area (Å²) in [5, 5.41) is 13.2. The molecule has 1 aromatic carbocycles. The lowest BCUT2D eigenvalue weighted by atomic mass is 9.90. The van der Waals surface area contributed by atoms with Crippen molar-refractivity contribution in [1.29, 1.82) is 0 Å². The van der Waals surface area contributed by atoms with Gasteiger partial charge >= 0.3 is 0 Å². The number of phenolic OH excluding ortho intramolecular Hbond substituents is 1. The molecule has 2 rings (SSSR count). The number of hydrogen-bond donors (Lipinski definition) is 2. The normalized spacial score (nSPS) is 17.7. The molecule has 80 valence electrons. The van der Waals surface area contributed by atoms with Crippen molar-refractivity contribution in [2.24, 2.45) is 0 Å². The van der Waals surface area contributed by atoms with Crippen LogP contribution in [0.5, 0.6) is 5.75 Å². The molecule has 15 heavy (non-hydrogen) atoms. The summed E-state index contributed by atoms with van der Waals surface area (Å²) < 4.78 is 0. The summed E-state index contributed by atoms with van der Waals surface area (Å²) in [7, 11) is 0. The first-order valence-corrected chi connectivity index (χ1v) is 5.21. The van der Waals surface area contributed by atoms with Crippen molar-refractivity contribution < 1.29 is 5.11 Å². The molecule has 2 N–H and O–H groups in total. The van der Waals surface area contributed by atoms with E-state index in [1.807, 2.05) is 6.92 Å². The largest absolute Gasteiger partial charge is 0.506 e. The third-order valence-corrected chi connectivity index (χ3v) is 2.71. The van der Waals surface area contributed by atoms with Gasteiger partial charge in [-0.3, -0.25) is 0 Å². The molecule has 0 atom stereocenters. The van der Waals surface area contributed by atoms with Crippen LogP contribution in [0.2, 0.25) is 0 Å². The fourth-order valence-electron chi connectivity index (χ4n) is 2.19. The number of phenols is 1. The Morgan fingerprint density at radius 1 is 1.20 bits per heavy atom. The van der Waals surface area contributed by atoms with E-state index in [-0.39, 0.29) is 5.54 Å². The second-order valence-electron chi connectivity index (χ2n) is 4.88. The molecular formula is C13H17NO. The lowest BCUT2D eigenvalue weighted by Gasteiger charge is -2.32. The molecule has 1 aliphatic heterocycles. The van der Waals surface area contributed by atoms with Crippen LogP contribution < -0.4 is 5.32 Å². The summed E-state index contributed by atoms with van der Waals surface area (Å²) in [5.74, 6) is 0.338. The van der Waals surface area contributed by atoms with Crippen molar-refractivity contribution in [1.82, 2.24) is 0 Å². The van der Waals surface area contributed by atoms with Crippen LogP contribution in [0, 0.1) is 6.92 Å². The highest BCUT2D eigenvalue weighted by atomic mass is 16.3. The molecule has 1 aliphatic rings. The van der Waals surface area contributed by atoms with E-state index >= 15 is 0 Å². The third-order valence-electron chi connectivity index (χ3n) is 2.71. The minimum atomic E-state index is -0.0934. The summed E-state index contributed by atoms with van der Waals surface area (Å²) in [6.45, 7) is 8.27. The highest BCUT2D eigenvalue weighted by Gasteiger charge is 2.24. The van der Waals surface area contributed by atoms with E-state index in [1.165, 1.54) is 5.57 Å². The van der Waals surface area contributed by atoms with Gasteiger partial charge in [0.25, 0.3) is 0 Å². The van der Waals surface area contributed by atoms with E-state index in [4.69, 9.17) is 0 Å². The maximum absolute atomic E-state index is 9.90. The number of benzene rings is 1. The van der Waals surface area contributed by atoms with Gasteiger partial charge in [-0.05, 0) is 51.0 Å². The number of aryl methyl sites for hydroxylation is 1. The van der Waals surface area contributed by atoms with Gasteiger partial charge in [0.1, 0.15) is 5.75 Å². The molecule has 0 aromatic heterocycles. The van der Waals surface area contributed by atoms with E-state index in [9.17, 15) is 5.11 Å². The standard InChI is InChI=1S/C13H17NO/c1-8-5-10-9(2)7-13(3,4)14-12(10)11(15)6-8/h5-7,14-15H,1-4H3. The van der Waals surface area contributed by atoms with Crippen molar-refractivity contribution >= 4 is 11.3 Å². The summed E-state index contributed by atoms with van der Waals surface area (Å²) in [6, 6.07) is 3.89. The SMILES string of the molecule is CC1=CC(C)(C)Nc2c(O)cc(C)cc21. The molecule has 0 aliphatic carbocycles. The number of anilines is 1. The highest BCUT2D eigenvalue weighted by Crippen LogP contribution is 2.39. The average molecular weight is 203 g/mol. The molecular weight excluding hydrogens is 186 g/mol. The Morgan fingerprint density at radius 2 is 1.87 bits per heavy atom. The second kappa shape index (κ2) is 3.02. The lowest BCUT2D eigenvalue weighted by Crippen LogP contribution is -2.31. The van der Waals surface area contributed by atoms with Crippen LogP contribution in [-0.2, 0) is 0 Å². The zero-order chi connectivity index (χ0) is 11.2. The molecule has 0 radical (unpaired) electrons. The van der Waals surface area contributed by atoms with Crippen LogP contribution in [0.1, 0.15) is 31.9 Å². The minimum Gasteiger partial charge on any atom is -0.506 e. The van der Waals surface area contributed by atoms with Crippen LogP contribution in [0.3, 0.4) is 0 Å². The minimum absolute atomic E-state index is 0.0934. The Bertz CT molecular complexity index is 444. The number of rotatable bonds is 0. The highest BCUT2D eigenvalue weighted by molar-refractivity contribution is 5.83. The molecule has 1 heterocycles. The monoisotopic (exact) mass is 203 g/mol. The van der Waals surface area contributed by atoms with Crippen molar-refractivity contribution in [3.8, 4) is 5.75 Å². The van der Waals surface area contributed by atoms with Gasteiger partial charge in [-0.25, -0.2) is 0 Å². The van der Waals surface area contributed by atoms with Gasteiger partial charge in [-0.15, -0.1) is 0 Å². The van der Waals surface area contributed by atoms with Gasteiger partial charge in [-0.2, -0.15) is 0 Å². The molecule has 0 amide bonds. The molecule has 0 spiro atoms. The van der Waals surface area contributed by atoms with E-state index in [0.29, 0.717) is 5.75 Å².